The van der Waals surface area contributed by atoms with Crippen LogP contribution in [0.1, 0.15) is 74.8 Å². The Morgan fingerprint density at radius 1 is 1.18 bits per heavy atom. The molecule has 0 aliphatic heterocycles. The third-order valence-corrected chi connectivity index (χ3v) is 6.87. The third kappa shape index (κ3) is 5.18. The zero-order valence-corrected chi connectivity index (χ0v) is 21.7. The molecular weight excluding hydrogens is 527 g/mol. The molecule has 1 aliphatic rings. The largest absolute Gasteiger partial charge is 0.377 e. The van der Waals surface area contributed by atoms with Crippen molar-refractivity contribution in [3.05, 3.63) is 107 Å². The van der Waals surface area contributed by atoms with Crippen molar-refractivity contribution in [1.82, 2.24) is 25.0 Å². The summed E-state index contributed by atoms with van der Waals surface area (Å²) < 4.78 is 66.2. The van der Waals surface area contributed by atoms with E-state index in [0.29, 0.717) is 5.56 Å². The number of hydrogen-bond donors (Lipinski definition) is 2. The van der Waals surface area contributed by atoms with Crippen molar-refractivity contribution in [1.29, 1.82) is 5.26 Å². The quantitative estimate of drug-likeness (QED) is 0.188. The van der Waals surface area contributed by atoms with E-state index in [-0.39, 0.29) is 50.2 Å². The van der Waals surface area contributed by atoms with Gasteiger partial charge in [-0.25, -0.2) is 9.67 Å². The van der Waals surface area contributed by atoms with Crippen molar-refractivity contribution < 1.29 is 12.6 Å². The van der Waals surface area contributed by atoms with E-state index in [1.807, 2.05) is 6.07 Å². The molecule has 8 nitrogen and oxygen atoms in total. The second kappa shape index (κ2) is 10.9. The normalized spacial score (nSPS) is 18.1. The van der Waals surface area contributed by atoms with Gasteiger partial charge in [0, 0.05) is 30.3 Å². The molecule has 3 heterocycles. The summed E-state index contributed by atoms with van der Waals surface area (Å²) >= 11 is 6.71. The number of rotatable bonds is 9. The van der Waals surface area contributed by atoms with Gasteiger partial charge in [-0.2, -0.15) is 9.65 Å². The lowest BCUT2D eigenvalue weighted by atomic mass is 10.0. The SMILES string of the molecule is [2H]C([2H])([2H])C([2H])([2H])C(Nc1c(C#N)cnc2c(Cl)cc(N[C@@]([2H])(c3ccc(F)nc3)c3cn(C4CC4)nn3)cc12)c1ccccc1. The van der Waals surface area contributed by atoms with Crippen LogP contribution >= 0.6 is 11.6 Å². The molecule has 2 N–H and O–H groups in total. The molecule has 0 spiro atoms. The van der Waals surface area contributed by atoms with Gasteiger partial charge in [-0.05, 0) is 48.5 Å². The number of aromatic nitrogens is 5. The van der Waals surface area contributed by atoms with E-state index in [1.165, 1.54) is 24.5 Å². The summed E-state index contributed by atoms with van der Waals surface area (Å²) in [4.78, 5) is 8.08. The van der Waals surface area contributed by atoms with Gasteiger partial charge < -0.3 is 10.6 Å². The predicted molar refractivity (Wildman–Crippen MR) is 153 cm³/mol. The van der Waals surface area contributed by atoms with Crippen LogP contribution in [0, 0.1) is 17.3 Å². The van der Waals surface area contributed by atoms with Crippen LogP contribution in [0.2, 0.25) is 5.02 Å². The van der Waals surface area contributed by atoms with Crippen molar-refractivity contribution in [3.8, 4) is 6.07 Å². The van der Waals surface area contributed by atoms with E-state index in [9.17, 15) is 11.0 Å². The molecule has 0 bridgehead atoms. The van der Waals surface area contributed by atoms with Gasteiger partial charge in [0.1, 0.15) is 11.8 Å². The molecule has 3 aromatic heterocycles. The highest BCUT2D eigenvalue weighted by Gasteiger charge is 2.27. The number of fused-ring (bicyclic) bond motifs is 1. The number of benzene rings is 2. The number of pyridine rings is 2. The van der Waals surface area contributed by atoms with Gasteiger partial charge in [0.2, 0.25) is 5.95 Å². The molecule has 5 aromatic rings. The molecule has 2 aromatic carbocycles. The summed E-state index contributed by atoms with van der Waals surface area (Å²) in [5.74, 6) is -0.725. The smallest absolute Gasteiger partial charge is 0.212 e. The first-order chi connectivity index (χ1) is 21.8. The molecule has 0 amide bonds. The number of nitrogens with zero attached hydrogens (tertiary/aromatic N) is 6. The maximum atomic E-state index is 13.8. The molecule has 40 heavy (non-hydrogen) atoms. The van der Waals surface area contributed by atoms with Gasteiger partial charge in [0.15, 0.2) is 0 Å². The fraction of sp³-hybridized carbons (Fsp3) is 0.233. The van der Waals surface area contributed by atoms with E-state index in [2.05, 4.69) is 30.9 Å². The van der Waals surface area contributed by atoms with Crippen LogP contribution in [0.5, 0.6) is 0 Å². The van der Waals surface area contributed by atoms with Crippen LogP contribution in [0.4, 0.5) is 15.8 Å². The number of halogens is 2. The summed E-state index contributed by atoms with van der Waals surface area (Å²) in [6.07, 6.45) is 3.23. The molecule has 1 saturated carbocycles. The highest BCUT2D eigenvalue weighted by Crippen LogP contribution is 2.38. The van der Waals surface area contributed by atoms with Crippen molar-refractivity contribution in [2.75, 3.05) is 10.6 Å². The first-order valence-corrected chi connectivity index (χ1v) is 12.9. The average Bonchev–Trinajstić information content (AvgIpc) is 3.75. The molecule has 200 valence electrons. The Morgan fingerprint density at radius 2 is 2.02 bits per heavy atom. The lowest BCUT2D eigenvalue weighted by Crippen LogP contribution is -2.14. The number of nitrogens with one attached hydrogen (secondary N) is 2. The van der Waals surface area contributed by atoms with E-state index in [1.54, 1.807) is 47.3 Å². The standard InChI is InChI=1S/C30H26ClFN8/c1-2-25(18-6-4-3-5-7-18)37-28-20(14-33)16-35-30-23(28)12-21(13-24(30)31)36-29(19-8-11-27(32)34-15-19)26-17-40(39-38-26)22-9-10-22/h3-8,11-13,15-17,22,25,29,36H,2,9-10H2,1H3,(H,35,37)/t25?,29-/m0/s1/i1D3,2D2,29D. The lowest BCUT2D eigenvalue weighted by molar-refractivity contribution is 0.581. The van der Waals surface area contributed by atoms with E-state index in [4.69, 9.17) is 18.5 Å². The minimum Gasteiger partial charge on any atom is -0.377 e. The van der Waals surface area contributed by atoms with Crippen LogP contribution in [-0.2, 0) is 0 Å². The summed E-state index contributed by atoms with van der Waals surface area (Å²) in [5.41, 5.74) is 1.42. The zero-order chi connectivity index (χ0) is 32.9. The van der Waals surface area contributed by atoms with Gasteiger partial charge >= 0.3 is 0 Å². The van der Waals surface area contributed by atoms with E-state index in [0.717, 1.165) is 18.9 Å². The van der Waals surface area contributed by atoms with Crippen LogP contribution < -0.4 is 10.6 Å². The fourth-order valence-electron chi connectivity index (χ4n) is 4.43. The first-order valence-electron chi connectivity index (χ1n) is 15.5. The Bertz CT molecular complexity index is 1940. The third-order valence-electron chi connectivity index (χ3n) is 6.58. The minimum absolute atomic E-state index is 0.00948. The molecule has 10 heteroatoms. The Morgan fingerprint density at radius 3 is 2.75 bits per heavy atom. The summed E-state index contributed by atoms with van der Waals surface area (Å²) in [6.45, 7) is -3.04. The molecule has 2 atom stereocenters. The molecule has 0 saturated heterocycles. The van der Waals surface area contributed by atoms with Gasteiger partial charge in [0.05, 0.1) is 47.5 Å². The Hall–Kier alpha value is -4.55. The molecule has 1 unspecified atom stereocenters. The van der Waals surface area contributed by atoms with Crippen LogP contribution in [0.25, 0.3) is 10.9 Å². The second-order valence-electron chi connectivity index (χ2n) is 9.33. The highest BCUT2D eigenvalue weighted by atomic mass is 35.5. The van der Waals surface area contributed by atoms with Crippen molar-refractivity contribution in [2.24, 2.45) is 0 Å². The van der Waals surface area contributed by atoms with Gasteiger partial charge in [-0.15, -0.1) is 5.10 Å². The summed E-state index contributed by atoms with van der Waals surface area (Å²) in [5, 5.41) is 25.0. The highest BCUT2D eigenvalue weighted by molar-refractivity contribution is 6.35. The molecule has 1 aliphatic carbocycles. The molecule has 1 fully saturated rings. The van der Waals surface area contributed by atoms with Crippen molar-refractivity contribution >= 4 is 33.9 Å². The van der Waals surface area contributed by atoms with E-state index >= 15 is 0 Å². The maximum Gasteiger partial charge on any atom is 0.212 e. The van der Waals surface area contributed by atoms with Crippen molar-refractivity contribution in [3.63, 3.8) is 0 Å². The zero-order valence-electron chi connectivity index (χ0n) is 26.9. The van der Waals surface area contributed by atoms with Gasteiger partial charge in [-0.1, -0.05) is 60.1 Å². The van der Waals surface area contributed by atoms with Gasteiger partial charge in [0.25, 0.3) is 0 Å². The van der Waals surface area contributed by atoms with Crippen LogP contribution in [0.3, 0.4) is 0 Å². The van der Waals surface area contributed by atoms with Gasteiger partial charge in [-0.3, -0.25) is 4.98 Å². The van der Waals surface area contributed by atoms with Crippen molar-refractivity contribution in [2.45, 2.75) is 44.2 Å². The lowest BCUT2D eigenvalue weighted by Gasteiger charge is -2.22. The predicted octanol–water partition coefficient (Wildman–Crippen LogP) is 6.99. The average molecular weight is 559 g/mol. The fourth-order valence-corrected chi connectivity index (χ4v) is 4.69. The number of hydrogen-bond acceptors (Lipinski definition) is 7. The molecule has 0 radical (unpaired) electrons. The first kappa shape index (κ1) is 19.5. The number of anilines is 2. The minimum atomic E-state index is -3.04. The Labute approximate surface area is 244 Å². The van der Waals surface area contributed by atoms with Crippen LogP contribution in [0.15, 0.2) is 73.2 Å². The Balaban J connectivity index is 1.50. The topological polar surface area (TPSA) is 104 Å². The number of nitriles is 1. The summed E-state index contributed by atoms with van der Waals surface area (Å²) in [7, 11) is 0. The maximum absolute atomic E-state index is 13.8. The molecule has 6 rings (SSSR count). The van der Waals surface area contributed by atoms with E-state index < -0.39 is 31.2 Å². The monoisotopic (exact) mass is 558 g/mol. The second-order valence-corrected chi connectivity index (χ2v) is 9.74. The summed E-state index contributed by atoms with van der Waals surface area (Å²) in [6, 6.07) is 12.8. The Kier molecular flexibility index (Phi) is 5.32. The molecular formula is C30H26ClFN8. The van der Waals surface area contributed by atoms with Crippen LogP contribution in [-0.4, -0.2) is 25.0 Å².